The molecular weight excluding hydrogens is 423 g/mol. The normalized spacial score (nSPS) is 40.1. The van der Waals surface area contributed by atoms with Crippen molar-refractivity contribution in [3.05, 3.63) is 27.3 Å². The Morgan fingerprint density at radius 3 is 2.62 bits per heavy atom. The van der Waals surface area contributed by atoms with Crippen molar-refractivity contribution < 1.29 is 19.4 Å². The number of hydrogen-bond donors (Lipinski definition) is 1. The van der Waals surface area contributed by atoms with Gasteiger partial charge < -0.3 is 9.84 Å². The summed E-state index contributed by atoms with van der Waals surface area (Å²) in [6, 6.07) is 6.95. The number of rotatable bonds is 1. The number of halogens is 1. The molecule has 1 N–H and O–H groups in total. The molecule has 6 nitrogen and oxygen atoms in total. The van der Waals surface area contributed by atoms with Gasteiger partial charge in [-0.25, -0.2) is 4.90 Å². The van der Waals surface area contributed by atoms with Gasteiger partial charge in [0.1, 0.15) is 11.7 Å². The smallest absolute Gasteiger partial charge is 0.240 e. The fourth-order valence-electron chi connectivity index (χ4n) is 4.51. The summed E-state index contributed by atoms with van der Waals surface area (Å²) < 4.78 is 6.63. The van der Waals surface area contributed by atoms with E-state index in [1.165, 1.54) is 4.90 Å². The molecule has 2 amide bonds. The summed E-state index contributed by atoms with van der Waals surface area (Å²) in [6.07, 6.45) is -0.413. The van der Waals surface area contributed by atoms with Crippen LogP contribution in [0.5, 0.6) is 0 Å². The Bertz CT molecular complexity index is 834. The molecule has 3 saturated heterocycles. The molecule has 3 aliphatic heterocycles. The lowest BCUT2D eigenvalue weighted by atomic mass is 9.67. The van der Waals surface area contributed by atoms with E-state index in [0.29, 0.717) is 21.2 Å². The van der Waals surface area contributed by atoms with Crippen molar-refractivity contribution in [3.8, 4) is 6.07 Å². The lowest BCUT2D eigenvalue weighted by Gasteiger charge is -2.31. The molecule has 4 rings (SSSR count). The average molecular weight is 438 g/mol. The van der Waals surface area contributed by atoms with Crippen LogP contribution >= 0.6 is 22.6 Å². The van der Waals surface area contributed by atoms with Crippen molar-refractivity contribution in [1.29, 1.82) is 5.26 Å². The van der Waals surface area contributed by atoms with E-state index in [2.05, 4.69) is 6.07 Å². The number of benzene rings is 1. The summed E-state index contributed by atoms with van der Waals surface area (Å²) in [6.45, 7) is 3.51. The van der Waals surface area contributed by atoms with Gasteiger partial charge in [0.15, 0.2) is 0 Å². The quantitative estimate of drug-likeness (QED) is 0.531. The molecule has 5 atom stereocenters. The second kappa shape index (κ2) is 4.77. The van der Waals surface area contributed by atoms with Crippen molar-refractivity contribution in [1.82, 2.24) is 0 Å². The van der Waals surface area contributed by atoms with Crippen LogP contribution in [-0.4, -0.2) is 34.2 Å². The molecular formula is C17H15IN2O4. The highest BCUT2D eigenvalue weighted by atomic mass is 127. The highest BCUT2D eigenvalue weighted by molar-refractivity contribution is 14.1. The topological polar surface area (TPSA) is 90.6 Å². The molecule has 0 spiro atoms. The lowest BCUT2D eigenvalue weighted by Crippen LogP contribution is -2.49. The third-order valence-electron chi connectivity index (χ3n) is 5.63. The molecule has 1 aromatic rings. The van der Waals surface area contributed by atoms with E-state index >= 15 is 0 Å². The van der Waals surface area contributed by atoms with E-state index in [1.54, 1.807) is 32.0 Å². The minimum atomic E-state index is -1.03. The SMILES string of the molecule is CC12C[C@H](O)C(C)(O1)[C@@H]1C(=O)N(c3ccc(C#N)c(I)c3)C(=O)C12. The summed E-state index contributed by atoms with van der Waals surface area (Å²) in [7, 11) is 0. The van der Waals surface area contributed by atoms with E-state index in [4.69, 9.17) is 10.00 Å². The van der Waals surface area contributed by atoms with Gasteiger partial charge in [0.25, 0.3) is 0 Å². The molecule has 0 aromatic heterocycles. The van der Waals surface area contributed by atoms with Gasteiger partial charge in [-0.15, -0.1) is 0 Å². The zero-order chi connectivity index (χ0) is 17.4. The van der Waals surface area contributed by atoms with Gasteiger partial charge in [-0.05, 0) is 54.6 Å². The van der Waals surface area contributed by atoms with Crippen LogP contribution in [0.3, 0.4) is 0 Å². The molecule has 124 valence electrons. The number of carbonyl (C=O) groups excluding carboxylic acids is 2. The molecule has 3 unspecified atom stereocenters. The first kappa shape index (κ1) is 16.0. The van der Waals surface area contributed by atoms with Crippen LogP contribution in [0.15, 0.2) is 18.2 Å². The van der Waals surface area contributed by atoms with Crippen LogP contribution < -0.4 is 4.90 Å². The number of aliphatic hydroxyl groups excluding tert-OH is 1. The fraction of sp³-hybridized carbons (Fsp3) is 0.471. The minimum absolute atomic E-state index is 0.288. The highest BCUT2D eigenvalue weighted by Crippen LogP contribution is 2.60. The molecule has 3 aliphatic rings. The molecule has 7 heteroatoms. The number of aliphatic hydroxyl groups is 1. The number of imide groups is 1. The number of anilines is 1. The highest BCUT2D eigenvalue weighted by Gasteiger charge is 2.75. The summed E-state index contributed by atoms with van der Waals surface area (Å²) in [5, 5.41) is 19.4. The Morgan fingerprint density at radius 1 is 1.33 bits per heavy atom. The maximum absolute atomic E-state index is 13.0. The Hall–Kier alpha value is -1.50. The fourth-order valence-corrected chi connectivity index (χ4v) is 5.13. The molecule has 0 aliphatic carbocycles. The van der Waals surface area contributed by atoms with E-state index in [1.807, 2.05) is 22.6 Å². The van der Waals surface area contributed by atoms with Crippen LogP contribution in [0, 0.1) is 26.7 Å². The zero-order valence-corrected chi connectivity index (χ0v) is 15.3. The molecule has 0 radical (unpaired) electrons. The number of fused-ring (bicyclic) bond motifs is 5. The number of carbonyl (C=O) groups is 2. The molecule has 0 saturated carbocycles. The van der Waals surface area contributed by atoms with E-state index in [0.717, 1.165) is 0 Å². The van der Waals surface area contributed by atoms with Crippen molar-refractivity contribution in [2.24, 2.45) is 11.8 Å². The van der Waals surface area contributed by atoms with E-state index in [-0.39, 0.29) is 11.8 Å². The predicted molar refractivity (Wildman–Crippen MR) is 91.9 cm³/mol. The standard InChI is InChI=1S/C17H15IN2O4/c1-16-6-11(21)17(2,24-16)13-12(16)14(22)20(15(13)23)9-4-3-8(7-19)10(18)5-9/h3-5,11-13,21H,6H2,1-2H3/t11-,12?,13-,16?,17?/m0/s1. The Morgan fingerprint density at radius 2 is 2.00 bits per heavy atom. The van der Waals surface area contributed by atoms with E-state index < -0.39 is 29.1 Å². The largest absolute Gasteiger partial charge is 0.390 e. The van der Waals surface area contributed by atoms with Gasteiger partial charge in [-0.2, -0.15) is 5.26 Å². The van der Waals surface area contributed by atoms with Crippen molar-refractivity contribution in [2.45, 2.75) is 37.6 Å². The van der Waals surface area contributed by atoms with Gasteiger partial charge >= 0.3 is 0 Å². The first-order valence-electron chi connectivity index (χ1n) is 7.68. The number of nitriles is 1. The summed E-state index contributed by atoms with van der Waals surface area (Å²) in [5.41, 5.74) is -0.888. The Labute approximate surface area is 152 Å². The van der Waals surface area contributed by atoms with Crippen LogP contribution in [-0.2, 0) is 14.3 Å². The maximum Gasteiger partial charge on any atom is 0.240 e. The van der Waals surface area contributed by atoms with Crippen molar-refractivity contribution in [3.63, 3.8) is 0 Å². The van der Waals surface area contributed by atoms with E-state index in [9.17, 15) is 14.7 Å². The molecule has 3 fully saturated rings. The van der Waals surface area contributed by atoms with Crippen LogP contribution in [0.4, 0.5) is 5.69 Å². The Kier molecular flexibility index (Phi) is 3.18. The monoisotopic (exact) mass is 438 g/mol. The van der Waals surface area contributed by atoms with Gasteiger partial charge in [0, 0.05) is 9.99 Å². The molecule has 3 heterocycles. The molecule has 2 bridgehead atoms. The summed E-state index contributed by atoms with van der Waals surface area (Å²) in [4.78, 5) is 27.2. The molecule has 1 aromatic carbocycles. The van der Waals surface area contributed by atoms with Gasteiger partial charge in [-0.1, -0.05) is 0 Å². The first-order chi connectivity index (χ1) is 11.2. The second-order valence-electron chi connectivity index (χ2n) is 7.06. The number of amides is 2. The number of hydrogen-bond acceptors (Lipinski definition) is 5. The Balaban J connectivity index is 1.79. The van der Waals surface area contributed by atoms with Gasteiger partial charge in [-0.3, -0.25) is 9.59 Å². The average Bonchev–Trinajstić information content (AvgIpc) is 3.01. The first-order valence-corrected chi connectivity index (χ1v) is 8.76. The predicted octanol–water partition coefficient (Wildman–Crippen LogP) is 1.58. The van der Waals surface area contributed by atoms with Crippen molar-refractivity contribution in [2.75, 3.05) is 4.90 Å². The maximum atomic E-state index is 13.0. The second-order valence-corrected chi connectivity index (χ2v) is 8.22. The van der Waals surface area contributed by atoms with Crippen LogP contribution in [0.25, 0.3) is 0 Å². The van der Waals surface area contributed by atoms with Crippen molar-refractivity contribution >= 4 is 40.1 Å². The van der Waals surface area contributed by atoms with Gasteiger partial charge in [0.05, 0.1) is 34.8 Å². The van der Waals surface area contributed by atoms with Gasteiger partial charge in [0.2, 0.25) is 11.8 Å². The number of ether oxygens (including phenoxy) is 1. The third-order valence-corrected chi connectivity index (χ3v) is 6.52. The zero-order valence-electron chi connectivity index (χ0n) is 13.1. The number of nitrogens with zero attached hydrogens (tertiary/aromatic N) is 2. The summed E-state index contributed by atoms with van der Waals surface area (Å²) >= 11 is 2.01. The van der Waals surface area contributed by atoms with Crippen LogP contribution in [0.2, 0.25) is 0 Å². The third kappa shape index (κ3) is 1.76. The minimum Gasteiger partial charge on any atom is -0.390 e. The van der Waals surface area contributed by atoms with Crippen LogP contribution in [0.1, 0.15) is 25.8 Å². The lowest BCUT2D eigenvalue weighted by molar-refractivity contribution is -0.132. The molecule has 24 heavy (non-hydrogen) atoms. The summed E-state index contributed by atoms with van der Waals surface area (Å²) in [5.74, 6) is -1.88.